The Kier molecular flexibility index (Phi) is 6.06. The number of hydrogen-bond donors (Lipinski definition) is 0. The SMILES string of the molecule is COc1c(C)cc(C)cc1Cc1cc(C)cc(C)c1OP1Oc2ccccc2-c2ccccc21. The van der Waals surface area contributed by atoms with Crippen LogP contribution in [0.2, 0.25) is 0 Å². The van der Waals surface area contributed by atoms with Gasteiger partial charge < -0.3 is 13.8 Å². The van der Waals surface area contributed by atoms with Gasteiger partial charge in [-0.25, -0.2) is 0 Å². The Morgan fingerprint density at radius 3 is 2.00 bits per heavy atom. The molecule has 0 bridgehead atoms. The first-order valence-corrected chi connectivity index (χ1v) is 12.7. The summed E-state index contributed by atoms with van der Waals surface area (Å²) >= 11 is 0. The highest BCUT2D eigenvalue weighted by Crippen LogP contribution is 2.50. The van der Waals surface area contributed by atoms with Crippen molar-refractivity contribution in [1.29, 1.82) is 0 Å². The van der Waals surface area contributed by atoms with Gasteiger partial charge in [0.1, 0.15) is 17.2 Å². The van der Waals surface area contributed by atoms with Gasteiger partial charge in [0.25, 0.3) is 0 Å². The van der Waals surface area contributed by atoms with Crippen molar-refractivity contribution in [1.82, 2.24) is 0 Å². The number of hydrogen-bond acceptors (Lipinski definition) is 3. The van der Waals surface area contributed by atoms with E-state index in [1.165, 1.54) is 16.7 Å². The van der Waals surface area contributed by atoms with Gasteiger partial charge >= 0.3 is 8.38 Å². The Morgan fingerprint density at radius 1 is 0.706 bits per heavy atom. The molecule has 1 aliphatic heterocycles. The van der Waals surface area contributed by atoms with Crippen LogP contribution in [0.3, 0.4) is 0 Å². The summed E-state index contributed by atoms with van der Waals surface area (Å²) in [5.74, 6) is 2.70. The van der Waals surface area contributed by atoms with Gasteiger partial charge in [0.15, 0.2) is 0 Å². The van der Waals surface area contributed by atoms with E-state index < -0.39 is 8.38 Å². The van der Waals surface area contributed by atoms with Crippen molar-refractivity contribution >= 4 is 13.7 Å². The molecule has 172 valence electrons. The maximum absolute atomic E-state index is 6.76. The Bertz CT molecular complexity index is 1380. The molecule has 3 nitrogen and oxygen atoms in total. The first-order valence-electron chi connectivity index (χ1n) is 11.5. The summed E-state index contributed by atoms with van der Waals surface area (Å²) < 4.78 is 19.0. The van der Waals surface area contributed by atoms with Crippen molar-refractivity contribution in [3.05, 3.63) is 106 Å². The van der Waals surface area contributed by atoms with E-state index in [2.05, 4.69) is 82.3 Å². The summed E-state index contributed by atoms with van der Waals surface area (Å²) in [5.41, 5.74) is 9.30. The summed E-state index contributed by atoms with van der Waals surface area (Å²) in [6, 6.07) is 25.4. The highest BCUT2D eigenvalue weighted by molar-refractivity contribution is 7.57. The van der Waals surface area contributed by atoms with Crippen LogP contribution in [0.5, 0.6) is 17.2 Å². The molecule has 0 aromatic heterocycles. The van der Waals surface area contributed by atoms with Crippen LogP contribution in [0.15, 0.2) is 72.8 Å². The van der Waals surface area contributed by atoms with Crippen molar-refractivity contribution in [3.63, 3.8) is 0 Å². The molecule has 0 amide bonds. The van der Waals surface area contributed by atoms with Crippen LogP contribution >= 0.6 is 8.38 Å². The van der Waals surface area contributed by atoms with Gasteiger partial charge in [0.2, 0.25) is 0 Å². The van der Waals surface area contributed by atoms with Gasteiger partial charge in [0, 0.05) is 12.0 Å². The van der Waals surface area contributed by atoms with E-state index in [1.807, 2.05) is 18.2 Å². The molecular formula is C30H29O3P. The predicted molar refractivity (Wildman–Crippen MR) is 141 cm³/mol. The molecule has 1 atom stereocenters. The molecule has 0 fully saturated rings. The molecular weight excluding hydrogens is 439 g/mol. The molecule has 0 saturated heterocycles. The molecule has 1 aliphatic rings. The average Bonchev–Trinajstić information content (AvgIpc) is 2.81. The monoisotopic (exact) mass is 468 g/mol. The fourth-order valence-electron chi connectivity index (χ4n) is 4.89. The van der Waals surface area contributed by atoms with E-state index in [0.29, 0.717) is 0 Å². The van der Waals surface area contributed by atoms with Crippen molar-refractivity contribution in [2.45, 2.75) is 34.1 Å². The molecule has 4 heteroatoms. The topological polar surface area (TPSA) is 27.7 Å². The van der Waals surface area contributed by atoms with Gasteiger partial charge in [-0.1, -0.05) is 71.8 Å². The zero-order chi connectivity index (χ0) is 23.8. The molecule has 0 radical (unpaired) electrons. The molecule has 1 heterocycles. The summed E-state index contributed by atoms with van der Waals surface area (Å²) in [6.07, 6.45) is 0.727. The fraction of sp³-hybridized carbons (Fsp3) is 0.200. The lowest BCUT2D eigenvalue weighted by molar-refractivity contribution is 0.407. The minimum Gasteiger partial charge on any atom is -0.496 e. The largest absolute Gasteiger partial charge is 0.496 e. The second kappa shape index (κ2) is 9.16. The third-order valence-corrected chi connectivity index (χ3v) is 7.70. The number of fused-ring (bicyclic) bond motifs is 3. The minimum absolute atomic E-state index is 0.727. The maximum atomic E-state index is 6.76. The molecule has 34 heavy (non-hydrogen) atoms. The Labute approximate surface area is 203 Å². The zero-order valence-corrected chi connectivity index (χ0v) is 21.2. The number of rotatable bonds is 5. The third-order valence-electron chi connectivity index (χ3n) is 6.21. The molecule has 5 rings (SSSR count). The van der Waals surface area contributed by atoms with Crippen LogP contribution in [-0.4, -0.2) is 7.11 Å². The molecule has 0 N–H and O–H groups in total. The Hall–Kier alpha value is -3.29. The van der Waals surface area contributed by atoms with Crippen LogP contribution in [-0.2, 0) is 6.42 Å². The van der Waals surface area contributed by atoms with Crippen LogP contribution in [0.1, 0.15) is 33.4 Å². The molecule has 4 aromatic rings. The van der Waals surface area contributed by atoms with Crippen LogP contribution in [0.4, 0.5) is 0 Å². The number of methoxy groups -OCH3 is 1. The molecule has 4 aromatic carbocycles. The van der Waals surface area contributed by atoms with Gasteiger partial charge in [-0.2, -0.15) is 0 Å². The van der Waals surface area contributed by atoms with Crippen LogP contribution < -0.4 is 19.1 Å². The summed E-state index contributed by atoms with van der Waals surface area (Å²) in [4.78, 5) is 0. The number of para-hydroxylation sites is 1. The summed E-state index contributed by atoms with van der Waals surface area (Å²) in [5, 5.41) is 1.10. The van der Waals surface area contributed by atoms with Gasteiger partial charge in [-0.05, 0) is 67.6 Å². The van der Waals surface area contributed by atoms with Gasteiger partial charge in [-0.15, -0.1) is 0 Å². The zero-order valence-electron chi connectivity index (χ0n) is 20.3. The van der Waals surface area contributed by atoms with E-state index >= 15 is 0 Å². The quantitative estimate of drug-likeness (QED) is 0.282. The molecule has 0 aliphatic carbocycles. The van der Waals surface area contributed by atoms with Gasteiger partial charge in [-0.3, -0.25) is 0 Å². The van der Waals surface area contributed by atoms with E-state index in [9.17, 15) is 0 Å². The van der Waals surface area contributed by atoms with Crippen LogP contribution in [0, 0.1) is 27.7 Å². The second-order valence-electron chi connectivity index (χ2n) is 8.97. The molecule has 0 spiro atoms. The van der Waals surface area contributed by atoms with Crippen molar-refractivity contribution in [2.75, 3.05) is 7.11 Å². The number of aryl methyl sites for hydroxylation is 4. The van der Waals surface area contributed by atoms with E-state index in [0.717, 1.165) is 56.8 Å². The summed E-state index contributed by atoms with van der Waals surface area (Å²) in [7, 11) is 0.421. The predicted octanol–water partition coefficient (Wildman–Crippen LogP) is 7.60. The van der Waals surface area contributed by atoms with Crippen molar-refractivity contribution in [2.24, 2.45) is 0 Å². The maximum Gasteiger partial charge on any atom is 0.326 e. The second-order valence-corrected chi connectivity index (χ2v) is 10.3. The van der Waals surface area contributed by atoms with E-state index in [4.69, 9.17) is 13.8 Å². The van der Waals surface area contributed by atoms with Crippen molar-refractivity contribution < 1.29 is 13.8 Å². The fourth-order valence-corrected chi connectivity index (χ4v) is 6.49. The third kappa shape index (κ3) is 4.17. The average molecular weight is 469 g/mol. The molecule has 1 unspecified atom stereocenters. The number of benzene rings is 4. The standard InChI is InChI=1S/C30H29O3P/c1-19-14-21(3)29(31-5)23(16-19)18-24-17-20(2)15-22(4)30(24)33-34-28-13-9-7-11-26(28)25-10-6-8-12-27(25)32-34/h6-17H,18H2,1-5H3. The smallest absolute Gasteiger partial charge is 0.326 e. The summed E-state index contributed by atoms with van der Waals surface area (Å²) in [6.45, 7) is 8.47. The molecule has 0 saturated carbocycles. The Balaban J connectivity index is 1.57. The lowest BCUT2D eigenvalue weighted by Gasteiger charge is -2.28. The normalized spacial score (nSPS) is 14.1. The van der Waals surface area contributed by atoms with E-state index in [1.54, 1.807) is 7.11 Å². The van der Waals surface area contributed by atoms with Crippen LogP contribution in [0.25, 0.3) is 11.1 Å². The first-order chi connectivity index (χ1) is 16.4. The minimum atomic E-state index is -1.32. The van der Waals surface area contributed by atoms with Crippen molar-refractivity contribution in [3.8, 4) is 28.4 Å². The first kappa shape index (κ1) is 22.5. The highest BCUT2D eigenvalue weighted by Gasteiger charge is 2.30. The highest BCUT2D eigenvalue weighted by atomic mass is 31.2. The number of ether oxygens (including phenoxy) is 1. The van der Waals surface area contributed by atoms with Gasteiger partial charge in [0.05, 0.1) is 12.4 Å². The lowest BCUT2D eigenvalue weighted by Crippen LogP contribution is -2.18. The Morgan fingerprint density at radius 2 is 1.29 bits per heavy atom. The van der Waals surface area contributed by atoms with E-state index in [-0.39, 0.29) is 0 Å². The lowest BCUT2D eigenvalue weighted by atomic mass is 9.96.